The Morgan fingerprint density at radius 1 is 1.29 bits per heavy atom. The molecule has 3 heteroatoms. The van der Waals surface area contributed by atoms with Crippen LogP contribution in [0.4, 0.5) is 0 Å². The van der Waals surface area contributed by atoms with E-state index in [0.717, 1.165) is 39.2 Å². The van der Waals surface area contributed by atoms with Crippen molar-refractivity contribution in [1.82, 2.24) is 10.2 Å². The van der Waals surface area contributed by atoms with Crippen LogP contribution in [0.2, 0.25) is 0 Å². The Morgan fingerprint density at radius 3 is 2.76 bits per heavy atom. The summed E-state index contributed by atoms with van der Waals surface area (Å²) in [6.07, 6.45) is 5.38. The second-order valence-corrected chi connectivity index (χ2v) is 5.04. The zero-order valence-corrected chi connectivity index (χ0v) is 11.9. The molecule has 0 aliphatic carbocycles. The van der Waals surface area contributed by atoms with Crippen molar-refractivity contribution in [3.8, 4) is 0 Å². The van der Waals surface area contributed by atoms with Gasteiger partial charge in [0.2, 0.25) is 0 Å². The lowest BCUT2D eigenvalue weighted by molar-refractivity contribution is -0.0452. The van der Waals surface area contributed by atoms with Crippen molar-refractivity contribution in [1.29, 1.82) is 0 Å². The van der Waals surface area contributed by atoms with E-state index in [9.17, 15) is 0 Å². The summed E-state index contributed by atoms with van der Waals surface area (Å²) in [5, 5.41) is 3.57. The first-order valence-electron chi connectivity index (χ1n) is 7.38. The molecule has 0 aromatic heterocycles. The van der Waals surface area contributed by atoms with Crippen LogP contribution in [0.15, 0.2) is 0 Å². The van der Waals surface area contributed by atoms with E-state index in [0.29, 0.717) is 12.1 Å². The predicted octanol–water partition coefficient (Wildman–Crippen LogP) is 2.27. The monoisotopic (exact) mass is 242 g/mol. The molecule has 2 atom stereocenters. The molecular formula is C14H30N2O. The maximum Gasteiger partial charge on any atom is 0.0700 e. The van der Waals surface area contributed by atoms with Gasteiger partial charge in [0.05, 0.1) is 12.7 Å². The van der Waals surface area contributed by atoms with Gasteiger partial charge in [0.25, 0.3) is 0 Å². The van der Waals surface area contributed by atoms with Crippen molar-refractivity contribution >= 4 is 0 Å². The molecule has 2 unspecified atom stereocenters. The van der Waals surface area contributed by atoms with Crippen LogP contribution in [0.25, 0.3) is 0 Å². The van der Waals surface area contributed by atoms with E-state index < -0.39 is 0 Å². The average molecular weight is 242 g/mol. The van der Waals surface area contributed by atoms with Crippen LogP contribution in [-0.4, -0.2) is 49.8 Å². The van der Waals surface area contributed by atoms with E-state index >= 15 is 0 Å². The van der Waals surface area contributed by atoms with Gasteiger partial charge in [-0.1, -0.05) is 27.2 Å². The fourth-order valence-corrected chi connectivity index (χ4v) is 2.51. The van der Waals surface area contributed by atoms with E-state index in [1.165, 1.54) is 19.3 Å². The molecule has 0 saturated carbocycles. The topological polar surface area (TPSA) is 24.5 Å². The number of rotatable bonds is 8. The number of nitrogens with one attached hydrogen (secondary N) is 1. The molecule has 1 N–H and O–H groups in total. The molecule has 3 nitrogen and oxygen atoms in total. The standard InChI is InChI=1S/C14H30N2O/c1-4-7-13(11-15-8-5-2)16-9-10-17-14(6-3)12-16/h13-15H,4-12H2,1-3H3. The van der Waals surface area contributed by atoms with Crippen molar-refractivity contribution < 1.29 is 4.74 Å². The minimum atomic E-state index is 0.453. The Kier molecular flexibility index (Phi) is 7.82. The molecule has 1 saturated heterocycles. The summed E-state index contributed by atoms with van der Waals surface area (Å²) in [6, 6.07) is 0.699. The highest BCUT2D eigenvalue weighted by Crippen LogP contribution is 2.14. The third-order valence-corrected chi connectivity index (χ3v) is 3.57. The molecular weight excluding hydrogens is 212 g/mol. The van der Waals surface area contributed by atoms with Crippen molar-refractivity contribution in [2.24, 2.45) is 0 Å². The first-order chi connectivity index (χ1) is 8.31. The van der Waals surface area contributed by atoms with Gasteiger partial charge in [-0.3, -0.25) is 4.90 Å². The Morgan fingerprint density at radius 2 is 2.12 bits per heavy atom. The minimum Gasteiger partial charge on any atom is -0.376 e. The van der Waals surface area contributed by atoms with E-state index in [2.05, 4.69) is 31.0 Å². The molecule has 1 aliphatic heterocycles. The van der Waals surface area contributed by atoms with Crippen LogP contribution >= 0.6 is 0 Å². The van der Waals surface area contributed by atoms with E-state index in [1.807, 2.05) is 0 Å². The first-order valence-corrected chi connectivity index (χ1v) is 7.38. The third-order valence-electron chi connectivity index (χ3n) is 3.57. The van der Waals surface area contributed by atoms with Gasteiger partial charge in [0.1, 0.15) is 0 Å². The second kappa shape index (κ2) is 8.90. The third kappa shape index (κ3) is 5.36. The maximum atomic E-state index is 5.75. The minimum absolute atomic E-state index is 0.453. The highest BCUT2D eigenvalue weighted by molar-refractivity contribution is 4.79. The van der Waals surface area contributed by atoms with Crippen molar-refractivity contribution in [3.63, 3.8) is 0 Å². The Bertz CT molecular complexity index is 187. The molecule has 0 radical (unpaired) electrons. The summed E-state index contributed by atoms with van der Waals surface area (Å²) in [6.45, 7) is 12.1. The quantitative estimate of drug-likeness (QED) is 0.661. The number of hydrogen-bond donors (Lipinski definition) is 1. The summed E-state index contributed by atoms with van der Waals surface area (Å²) in [7, 11) is 0. The van der Waals surface area contributed by atoms with Crippen LogP contribution in [0, 0.1) is 0 Å². The largest absolute Gasteiger partial charge is 0.376 e. The summed E-state index contributed by atoms with van der Waals surface area (Å²) < 4.78 is 5.75. The number of morpholine rings is 1. The fourth-order valence-electron chi connectivity index (χ4n) is 2.51. The van der Waals surface area contributed by atoms with E-state index in [-0.39, 0.29) is 0 Å². The predicted molar refractivity (Wildman–Crippen MR) is 73.5 cm³/mol. The maximum absolute atomic E-state index is 5.75. The van der Waals surface area contributed by atoms with Gasteiger partial charge in [-0.15, -0.1) is 0 Å². The molecule has 1 fully saturated rings. The van der Waals surface area contributed by atoms with Crippen molar-refractivity contribution in [2.75, 3.05) is 32.8 Å². The lowest BCUT2D eigenvalue weighted by atomic mass is 10.1. The highest BCUT2D eigenvalue weighted by atomic mass is 16.5. The first kappa shape index (κ1) is 14.9. The summed E-state index contributed by atoms with van der Waals surface area (Å²) in [5.74, 6) is 0. The number of nitrogens with zero attached hydrogens (tertiary/aromatic N) is 1. The molecule has 0 spiro atoms. The van der Waals surface area contributed by atoms with E-state index in [1.54, 1.807) is 0 Å². The normalized spacial score (nSPS) is 23.8. The summed E-state index contributed by atoms with van der Waals surface area (Å²) >= 11 is 0. The number of ether oxygens (including phenoxy) is 1. The van der Waals surface area contributed by atoms with Gasteiger partial charge < -0.3 is 10.1 Å². The molecule has 102 valence electrons. The van der Waals surface area contributed by atoms with Gasteiger partial charge in [-0.25, -0.2) is 0 Å². The van der Waals surface area contributed by atoms with Gasteiger partial charge in [0, 0.05) is 25.7 Å². The van der Waals surface area contributed by atoms with Gasteiger partial charge in [-0.05, 0) is 25.8 Å². The van der Waals surface area contributed by atoms with Gasteiger partial charge >= 0.3 is 0 Å². The van der Waals surface area contributed by atoms with Crippen LogP contribution < -0.4 is 5.32 Å². The molecule has 0 bridgehead atoms. The number of hydrogen-bond acceptors (Lipinski definition) is 3. The van der Waals surface area contributed by atoms with Crippen LogP contribution in [-0.2, 0) is 4.74 Å². The Labute approximate surface area is 107 Å². The lowest BCUT2D eigenvalue weighted by Gasteiger charge is -2.38. The SMILES string of the molecule is CCCNCC(CCC)N1CCOC(CC)C1. The Hall–Kier alpha value is -0.120. The van der Waals surface area contributed by atoms with Crippen LogP contribution in [0.3, 0.4) is 0 Å². The molecule has 0 aromatic rings. The molecule has 17 heavy (non-hydrogen) atoms. The van der Waals surface area contributed by atoms with Crippen LogP contribution in [0.5, 0.6) is 0 Å². The van der Waals surface area contributed by atoms with Crippen molar-refractivity contribution in [2.45, 2.75) is 58.6 Å². The van der Waals surface area contributed by atoms with E-state index in [4.69, 9.17) is 4.74 Å². The Balaban J connectivity index is 2.38. The molecule has 1 rings (SSSR count). The zero-order chi connectivity index (χ0) is 12.5. The fraction of sp³-hybridized carbons (Fsp3) is 1.00. The molecule has 0 amide bonds. The smallest absolute Gasteiger partial charge is 0.0700 e. The average Bonchev–Trinajstić information content (AvgIpc) is 2.38. The summed E-state index contributed by atoms with van der Waals surface area (Å²) in [4.78, 5) is 2.63. The molecule has 1 heterocycles. The van der Waals surface area contributed by atoms with Gasteiger partial charge in [-0.2, -0.15) is 0 Å². The second-order valence-electron chi connectivity index (χ2n) is 5.04. The molecule has 0 aromatic carbocycles. The zero-order valence-electron chi connectivity index (χ0n) is 11.9. The highest BCUT2D eigenvalue weighted by Gasteiger charge is 2.24. The summed E-state index contributed by atoms with van der Waals surface area (Å²) in [5.41, 5.74) is 0. The van der Waals surface area contributed by atoms with Gasteiger partial charge in [0.15, 0.2) is 0 Å². The van der Waals surface area contributed by atoms with Crippen molar-refractivity contribution in [3.05, 3.63) is 0 Å². The molecule has 1 aliphatic rings. The van der Waals surface area contributed by atoms with Crippen LogP contribution in [0.1, 0.15) is 46.5 Å². The lowest BCUT2D eigenvalue weighted by Crippen LogP contribution is -2.50.